The molecule has 0 aromatic heterocycles. The lowest BCUT2D eigenvalue weighted by Crippen LogP contribution is -2.31. The fourth-order valence-corrected chi connectivity index (χ4v) is 2.40. The molecule has 0 heterocycles. The summed E-state index contributed by atoms with van der Waals surface area (Å²) < 4.78 is 11.8. The van der Waals surface area contributed by atoms with Gasteiger partial charge in [-0.25, -0.2) is 0 Å². The van der Waals surface area contributed by atoms with Crippen molar-refractivity contribution >= 4 is 33.2 Å². The number of hydrogen-bond donors (Lipinski definition) is 2. The molecule has 0 bridgehead atoms. The fraction of sp³-hybridized carbons (Fsp3) is 0.278. The van der Waals surface area contributed by atoms with Gasteiger partial charge in [0.25, 0.3) is 0 Å². The lowest BCUT2D eigenvalue weighted by atomic mass is 10.2. The minimum absolute atomic E-state index is 0.120. The summed E-state index contributed by atoms with van der Waals surface area (Å²) in [5, 5.41) is 6.03. The molecule has 128 valence electrons. The van der Waals surface area contributed by atoms with Crippen LogP contribution in [-0.4, -0.2) is 25.7 Å². The van der Waals surface area contributed by atoms with E-state index in [0.717, 1.165) is 15.8 Å². The molecule has 2 rings (SSSR count). The summed E-state index contributed by atoms with van der Waals surface area (Å²) in [6.45, 7) is 4.28. The maximum absolute atomic E-state index is 12.3. The second-order valence-corrected chi connectivity index (χ2v) is 6.08. The van der Waals surface area contributed by atoms with Crippen LogP contribution in [0.1, 0.15) is 13.8 Å². The zero-order valence-electron chi connectivity index (χ0n) is 13.9. The molecule has 0 aliphatic carbocycles. The van der Waals surface area contributed by atoms with Gasteiger partial charge in [-0.1, -0.05) is 15.9 Å². The van der Waals surface area contributed by atoms with Gasteiger partial charge in [-0.15, -0.1) is 0 Å². The van der Waals surface area contributed by atoms with Crippen molar-refractivity contribution in [2.45, 2.75) is 19.9 Å². The summed E-state index contributed by atoms with van der Waals surface area (Å²) in [6.07, 6.45) is 0. The van der Waals surface area contributed by atoms with Crippen molar-refractivity contribution < 1.29 is 14.3 Å². The Morgan fingerprint density at radius 1 is 1.12 bits per heavy atom. The Bertz CT molecular complexity index is 689. The van der Waals surface area contributed by atoms with Crippen LogP contribution < -0.4 is 20.1 Å². The molecule has 5 nitrogen and oxygen atoms in total. The van der Waals surface area contributed by atoms with E-state index in [0.29, 0.717) is 18.1 Å². The Hall–Kier alpha value is -2.21. The third kappa shape index (κ3) is 4.89. The van der Waals surface area contributed by atoms with Crippen molar-refractivity contribution in [1.29, 1.82) is 0 Å². The average Bonchev–Trinajstić information content (AvgIpc) is 2.58. The third-order valence-electron chi connectivity index (χ3n) is 3.35. The lowest BCUT2D eigenvalue weighted by molar-refractivity contribution is -0.116. The van der Waals surface area contributed by atoms with E-state index in [9.17, 15) is 4.79 Å². The average molecular weight is 393 g/mol. The van der Waals surface area contributed by atoms with E-state index in [2.05, 4.69) is 26.6 Å². The van der Waals surface area contributed by atoms with Gasteiger partial charge in [0.05, 0.1) is 13.7 Å². The van der Waals surface area contributed by atoms with Crippen LogP contribution >= 0.6 is 15.9 Å². The number of ether oxygens (including phenoxy) is 2. The highest BCUT2D eigenvalue weighted by atomic mass is 79.9. The first-order chi connectivity index (χ1) is 11.5. The highest BCUT2D eigenvalue weighted by Crippen LogP contribution is 2.30. The Morgan fingerprint density at radius 2 is 1.79 bits per heavy atom. The van der Waals surface area contributed by atoms with Gasteiger partial charge in [-0.3, -0.25) is 4.79 Å². The van der Waals surface area contributed by atoms with E-state index in [1.165, 1.54) is 0 Å². The molecule has 2 aromatic rings. The Morgan fingerprint density at radius 3 is 2.42 bits per heavy atom. The second kappa shape index (κ2) is 8.59. The van der Waals surface area contributed by atoms with Gasteiger partial charge in [-0.2, -0.15) is 0 Å². The predicted molar refractivity (Wildman–Crippen MR) is 100 cm³/mol. The van der Waals surface area contributed by atoms with Crippen LogP contribution in [0.4, 0.5) is 11.4 Å². The first kappa shape index (κ1) is 18.1. The molecular weight excluding hydrogens is 372 g/mol. The van der Waals surface area contributed by atoms with Crippen molar-refractivity contribution in [1.82, 2.24) is 0 Å². The minimum Gasteiger partial charge on any atom is -0.493 e. The number of hydrogen-bond acceptors (Lipinski definition) is 4. The number of halogens is 1. The van der Waals surface area contributed by atoms with Crippen molar-refractivity contribution in [3.63, 3.8) is 0 Å². The van der Waals surface area contributed by atoms with Gasteiger partial charge in [0.2, 0.25) is 5.91 Å². The topological polar surface area (TPSA) is 59.6 Å². The lowest BCUT2D eigenvalue weighted by Gasteiger charge is -2.17. The summed E-state index contributed by atoms with van der Waals surface area (Å²) in [5.74, 6) is 1.19. The number of methoxy groups -OCH3 is 1. The monoisotopic (exact) mass is 392 g/mol. The second-order valence-electron chi connectivity index (χ2n) is 5.16. The minimum atomic E-state index is -0.406. The third-order valence-corrected chi connectivity index (χ3v) is 3.88. The van der Waals surface area contributed by atoms with Gasteiger partial charge in [0.1, 0.15) is 6.04 Å². The van der Waals surface area contributed by atoms with Crippen molar-refractivity contribution in [2.75, 3.05) is 24.4 Å². The van der Waals surface area contributed by atoms with Crippen LogP contribution in [-0.2, 0) is 4.79 Å². The molecule has 2 aromatic carbocycles. The van der Waals surface area contributed by atoms with Gasteiger partial charge >= 0.3 is 0 Å². The maximum Gasteiger partial charge on any atom is 0.246 e. The quantitative estimate of drug-likeness (QED) is 0.737. The Labute approximate surface area is 150 Å². The highest BCUT2D eigenvalue weighted by molar-refractivity contribution is 9.10. The number of amides is 1. The SMILES string of the molecule is CCOc1ccc(N[C@@H](C)C(=O)Nc2ccc(Br)cc2)cc1OC. The molecule has 0 saturated carbocycles. The largest absolute Gasteiger partial charge is 0.493 e. The van der Waals surface area contributed by atoms with Gasteiger partial charge < -0.3 is 20.1 Å². The predicted octanol–water partition coefficient (Wildman–Crippen LogP) is 4.30. The van der Waals surface area contributed by atoms with Gasteiger partial charge in [0, 0.05) is 21.9 Å². The highest BCUT2D eigenvalue weighted by Gasteiger charge is 2.14. The normalized spacial score (nSPS) is 11.5. The van der Waals surface area contributed by atoms with Crippen molar-refractivity contribution in [2.24, 2.45) is 0 Å². The summed E-state index contributed by atoms with van der Waals surface area (Å²) >= 11 is 3.37. The smallest absolute Gasteiger partial charge is 0.246 e. The number of rotatable bonds is 7. The molecule has 2 N–H and O–H groups in total. The van der Waals surface area contributed by atoms with Crippen LogP contribution in [0.25, 0.3) is 0 Å². The fourth-order valence-electron chi connectivity index (χ4n) is 2.13. The first-order valence-corrected chi connectivity index (χ1v) is 8.46. The molecule has 0 spiro atoms. The Kier molecular flexibility index (Phi) is 6.49. The molecule has 0 radical (unpaired) electrons. The molecule has 0 saturated heterocycles. The number of benzene rings is 2. The molecule has 0 aliphatic rings. The van der Waals surface area contributed by atoms with E-state index in [-0.39, 0.29) is 5.91 Å². The molecule has 1 amide bonds. The van der Waals surface area contributed by atoms with E-state index in [1.54, 1.807) is 14.0 Å². The van der Waals surface area contributed by atoms with E-state index < -0.39 is 6.04 Å². The van der Waals surface area contributed by atoms with Crippen LogP contribution in [0, 0.1) is 0 Å². The number of nitrogens with one attached hydrogen (secondary N) is 2. The molecule has 1 atom stereocenters. The van der Waals surface area contributed by atoms with E-state index in [1.807, 2.05) is 49.4 Å². The standard InChI is InChI=1S/C18H21BrN2O3/c1-4-24-16-10-9-15(11-17(16)23-3)20-12(2)18(22)21-14-7-5-13(19)6-8-14/h5-12,20H,4H2,1-3H3,(H,21,22)/t12-/m0/s1. The molecule has 24 heavy (non-hydrogen) atoms. The molecule has 0 aliphatic heterocycles. The Balaban J connectivity index is 2.01. The van der Waals surface area contributed by atoms with Crippen molar-refractivity contribution in [3.05, 3.63) is 46.9 Å². The summed E-state index contributed by atoms with van der Waals surface area (Å²) in [4.78, 5) is 12.3. The summed E-state index contributed by atoms with van der Waals surface area (Å²) in [7, 11) is 1.59. The van der Waals surface area contributed by atoms with Crippen molar-refractivity contribution in [3.8, 4) is 11.5 Å². The van der Waals surface area contributed by atoms with Gasteiger partial charge in [0.15, 0.2) is 11.5 Å². The van der Waals surface area contributed by atoms with Crippen LogP contribution in [0.15, 0.2) is 46.9 Å². The summed E-state index contributed by atoms with van der Waals surface area (Å²) in [5.41, 5.74) is 1.54. The number of carbonyl (C=O) groups is 1. The van der Waals surface area contributed by atoms with Crippen LogP contribution in [0.3, 0.4) is 0 Å². The summed E-state index contributed by atoms with van der Waals surface area (Å²) in [6, 6.07) is 12.5. The van der Waals surface area contributed by atoms with E-state index >= 15 is 0 Å². The molecule has 6 heteroatoms. The van der Waals surface area contributed by atoms with Crippen LogP contribution in [0.2, 0.25) is 0 Å². The van der Waals surface area contributed by atoms with Gasteiger partial charge in [-0.05, 0) is 50.2 Å². The van der Waals surface area contributed by atoms with Crippen LogP contribution in [0.5, 0.6) is 11.5 Å². The number of anilines is 2. The molecular formula is C18H21BrN2O3. The zero-order valence-corrected chi connectivity index (χ0v) is 15.5. The molecule has 0 fully saturated rings. The first-order valence-electron chi connectivity index (χ1n) is 7.67. The zero-order chi connectivity index (χ0) is 17.5. The number of carbonyl (C=O) groups excluding carboxylic acids is 1. The van der Waals surface area contributed by atoms with E-state index in [4.69, 9.17) is 9.47 Å². The maximum atomic E-state index is 12.3. The molecule has 0 unspecified atom stereocenters.